The van der Waals surface area contributed by atoms with Gasteiger partial charge in [0.25, 0.3) is 0 Å². The quantitative estimate of drug-likeness (QED) is 0.910. The largest absolute Gasteiger partial charge is 0.380 e. The average molecular weight is 263 g/mol. The zero-order chi connectivity index (χ0) is 13.9. The third-order valence-electron chi connectivity index (χ3n) is 3.27. The second kappa shape index (κ2) is 5.78. The number of hydrogen-bond donors (Lipinski definition) is 1. The highest BCUT2D eigenvalue weighted by molar-refractivity contribution is 5.48. The molecule has 0 aromatic carbocycles. The summed E-state index contributed by atoms with van der Waals surface area (Å²) in [5.74, 6) is 1.97. The van der Waals surface area contributed by atoms with Gasteiger partial charge in [0, 0.05) is 25.7 Å². The van der Waals surface area contributed by atoms with E-state index in [0.717, 1.165) is 37.6 Å². The smallest absolute Gasteiger partial charge is 0.131 e. The van der Waals surface area contributed by atoms with E-state index in [1.54, 1.807) is 7.11 Å². The van der Waals surface area contributed by atoms with Gasteiger partial charge in [-0.15, -0.1) is 0 Å². The van der Waals surface area contributed by atoms with Crippen molar-refractivity contribution in [2.24, 2.45) is 0 Å². The molecule has 0 spiro atoms. The topological polar surface area (TPSA) is 37.4 Å². The van der Waals surface area contributed by atoms with Gasteiger partial charge in [-0.05, 0) is 45.7 Å². The highest BCUT2D eigenvalue weighted by Crippen LogP contribution is 2.21. The molecule has 0 amide bonds. The molecule has 1 saturated heterocycles. The Balaban J connectivity index is 2.09. The summed E-state index contributed by atoms with van der Waals surface area (Å²) in [7, 11) is 1.79. The summed E-state index contributed by atoms with van der Waals surface area (Å²) >= 11 is 0. The molecule has 1 N–H and O–H groups in total. The molecule has 2 heterocycles. The van der Waals surface area contributed by atoms with Crippen LogP contribution in [0.2, 0.25) is 0 Å². The van der Waals surface area contributed by atoms with Crippen LogP contribution in [0, 0.1) is 0 Å². The normalized spacial score (nSPS) is 20.4. The third kappa shape index (κ3) is 4.10. The number of anilines is 2. The first-order valence-corrected chi connectivity index (χ1v) is 7.01. The molecule has 0 saturated carbocycles. The monoisotopic (exact) mass is 263 g/mol. The van der Waals surface area contributed by atoms with Crippen LogP contribution in [0.15, 0.2) is 18.2 Å². The van der Waals surface area contributed by atoms with Gasteiger partial charge in [-0.3, -0.25) is 0 Å². The zero-order valence-electron chi connectivity index (χ0n) is 12.4. The second-order valence-electron chi connectivity index (χ2n) is 6.20. The van der Waals surface area contributed by atoms with Gasteiger partial charge >= 0.3 is 0 Å². The summed E-state index contributed by atoms with van der Waals surface area (Å²) in [4.78, 5) is 7.02. The number of rotatable bonds is 3. The van der Waals surface area contributed by atoms with E-state index in [9.17, 15) is 0 Å². The van der Waals surface area contributed by atoms with Crippen molar-refractivity contribution in [2.75, 3.05) is 30.4 Å². The molecule has 1 aromatic heterocycles. The maximum absolute atomic E-state index is 5.47. The van der Waals surface area contributed by atoms with E-state index in [4.69, 9.17) is 9.72 Å². The van der Waals surface area contributed by atoms with E-state index in [2.05, 4.69) is 43.1 Å². The summed E-state index contributed by atoms with van der Waals surface area (Å²) in [6.07, 6.45) is 2.64. The number of piperidine rings is 1. The minimum Gasteiger partial charge on any atom is -0.380 e. The molecular formula is C15H25N3O. The zero-order valence-corrected chi connectivity index (χ0v) is 12.4. The highest BCUT2D eigenvalue weighted by atomic mass is 16.5. The molecule has 2 rings (SSSR count). The average Bonchev–Trinajstić information content (AvgIpc) is 2.37. The Bertz CT molecular complexity index is 414. The molecule has 1 aliphatic rings. The molecule has 4 heteroatoms. The minimum absolute atomic E-state index is 0.0303. The maximum Gasteiger partial charge on any atom is 0.131 e. The lowest BCUT2D eigenvalue weighted by atomic mass is 10.1. The second-order valence-corrected chi connectivity index (χ2v) is 6.20. The number of hydrogen-bond acceptors (Lipinski definition) is 4. The number of nitrogens with zero attached hydrogens (tertiary/aromatic N) is 2. The van der Waals surface area contributed by atoms with Crippen molar-refractivity contribution in [3.05, 3.63) is 18.2 Å². The Morgan fingerprint density at radius 2 is 2.16 bits per heavy atom. The van der Waals surface area contributed by atoms with E-state index in [1.165, 1.54) is 0 Å². The van der Waals surface area contributed by atoms with Gasteiger partial charge in [-0.25, -0.2) is 4.98 Å². The number of aromatic nitrogens is 1. The van der Waals surface area contributed by atoms with Gasteiger partial charge < -0.3 is 15.0 Å². The highest BCUT2D eigenvalue weighted by Gasteiger charge is 2.20. The Morgan fingerprint density at radius 1 is 1.37 bits per heavy atom. The first-order chi connectivity index (χ1) is 8.98. The van der Waals surface area contributed by atoms with Crippen LogP contribution in [0.3, 0.4) is 0 Å². The minimum atomic E-state index is 0.0303. The standard InChI is InChI=1S/C15H25N3O/c1-15(2,3)17-13-8-5-9-14(16-13)18-10-6-7-12(11-18)19-4/h5,8-9,12H,6-7,10-11H2,1-4H3,(H,16,17). The fourth-order valence-corrected chi connectivity index (χ4v) is 2.39. The van der Waals surface area contributed by atoms with Crippen molar-refractivity contribution in [1.29, 1.82) is 0 Å². The summed E-state index contributed by atoms with van der Waals surface area (Å²) in [6, 6.07) is 6.16. The first kappa shape index (κ1) is 14.1. The van der Waals surface area contributed by atoms with Gasteiger partial charge in [0.1, 0.15) is 11.6 Å². The fraction of sp³-hybridized carbons (Fsp3) is 0.667. The summed E-state index contributed by atoms with van der Waals surface area (Å²) < 4.78 is 5.47. The lowest BCUT2D eigenvalue weighted by Gasteiger charge is -2.33. The van der Waals surface area contributed by atoms with Crippen molar-refractivity contribution >= 4 is 11.6 Å². The molecule has 1 atom stereocenters. The van der Waals surface area contributed by atoms with Crippen LogP contribution in [0.5, 0.6) is 0 Å². The molecule has 1 fully saturated rings. The van der Waals surface area contributed by atoms with Crippen LogP contribution in [0.1, 0.15) is 33.6 Å². The molecule has 4 nitrogen and oxygen atoms in total. The van der Waals surface area contributed by atoms with Crippen LogP contribution in [0.25, 0.3) is 0 Å². The van der Waals surface area contributed by atoms with Crippen molar-refractivity contribution < 1.29 is 4.74 Å². The SMILES string of the molecule is COC1CCCN(c2cccc(NC(C)(C)C)n2)C1. The molecule has 1 aliphatic heterocycles. The number of nitrogens with one attached hydrogen (secondary N) is 1. The van der Waals surface area contributed by atoms with Crippen molar-refractivity contribution in [2.45, 2.75) is 45.3 Å². The fourth-order valence-electron chi connectivity index (χ4n) is 2.39. The first-order valence-electron chi connectivity index (χ1n) is 7.01. The van der Waals surface area contributed by atoms with Gasteiger partial charge in [-0.2, -0.15) is 0 Å². The molecular weight excluding hydrogens is 238 g/mol. The molecule has 106 valence electrons. The van der Waals surface area contributed by atoms with Crippen LogP contribution in [0.4, 0.5) is 11.6 Å². The van der Waals surface area contributed by atoms with E-state index in [1.807, 2.05) is 6.07 Å². The van der Waals surface area contributed by atoms with E-state index in [-0.39, 0.29) is 5.54 Å². The van der Waals surface area contributed by atoms with E-state index in [0.29, 0.717) is 6.10 Å². The number of ether oxygens (including phenoxy) is 1. The van der Waals surface area contributed by atoms with E-state index < -0.39 is 0 Å². The van der Waals surface area contributed by atoms with Crippen molar-refractivity contribution in [3.63, 3.8) is 0 Å². The van der Waals surface area contributed by atoms with Gasteiger partial charge in [0.05, 0.1) is 6.10 Å². The van der Waals surface area contributed by atoms with Crippen molar-refractivity contribution in [3.8, 4) is 0 Å². The Hall–Kier alpha value is -1.29. The molecule has 0 bridgehead atoms. The van der Waals surface area contributed by atoms with Gasteiger partial charge in [0.2, 0.25) is 0 Å². The summed E-state index contributed by atoms with van der Waals surface area (Å²) in [5.41, 5.74) is 0.0303. The summed E-state index contributed by atoms with van der Waals surface area (Å²) in [5, 5.41) is 3.42. The van der Waals surface area contributed by atoms with Crippen LogP contribution >= 0.6 is 0 Å². The predicted octanol–water partition coefficient (Wildman–Crippen LogP) is 2.91. The lowest BCUT2D eigenvalue weighted by molar-refractivity contribution is 0.0891. The Morgan fingerprint density at radius 3 is 2.84 bits per heavy atom. The number of pyridine rings is 1. The molecule has 0 aliphatic carbocycles. The third-order valence-corrected chi connectivity index (χ3v) is 3.27. The van der Waals surface area contributed by atoms with Crippen molar-refractivity contribution in [1.82, 2.24) is 4.98 Å². The summed E-state index contributed by atoms with van der Waals surface area (Å²) in [6.45, 7) is 8.42. The molecule has 1 unspecified atom stereocenters. The van der Waals surface area contributed by atoms with Crippen LogP contribution in [-0.4, -0.2) is 36.8 Å². The van der Waals surface area contributed by atoms with Gasteiger partial charge in [-0.1, -0.05) is 6.07 Å². The Labute approximate surface area is 116 Å². The molecule has 0 radical (unpaired) electrons. The van der Waals surface area contributed by atoms with Crippen LogP contribution in [-0.2, 0) is 4.74 Å². The predicted molar refractivity (Wildman–Crippen MR) is 79.9 cm³/mol. The lowest BCUT2D eigenvalue weighted by Crippen LogP contribution is -2.39. The van der Waals surface area contributed by atoms with E-state index >= 15 is 0 Å². The number of methoxy groups -OCH3 is 1. The maximum atomic E-state index is 5.47. The Kier molecular flexibility index (Phi) is 4.30. The molecule has 19 heavy (non-hydrogen) atoms. The van der Waals surface area contributed by atoms with Crippen LogP contribution < -0.4 is 10.2 Å². The molecule has 1 aromatic rings. The van der Waals surface area contributed by atoms with Gasteiger partial charge in [0.15, 0.2) is 0 Å².